The average Bonchev–Trinajstić information content (AvgIpc) is 2.46. The summed E-state index contributed by atoms with van der Waals surface area (Å²) in [6.45, 7) is 3.18. The van der Waals surface area contributed by atoms with Gasteiger partial charge in [0.1, 0.15) is 9.84 Å². The fraction of sp³-hybridized carbons (Fsp3) is 0.938. The van der Waals surface area contributed by atoms with E-state index < -0.39 is 9.84 Å². The quantitative estimate of drug-likeness (QED) is 0.805. The Balaban J connectivity index is 1.93. The molecule has 1 amide bonds. The minimum absolute atomic E-state index is 0.0569. The number of hydrogen-bond acceptors (Lipinski definition) is 4. The van der Waals surface area contributed by atoms with Crippen molar-refractivity contribution in [3.8, 4) is 0 Å². The topological polar surface area (TPSA) is 66.5 Å². The highest BCUT2D eigenvalue weighted by molar-refractivity contribution is 7.90. The van der Waals surface area contributed by atoms with Crippen LogP contribution in [0.3, 0.4) is 0 Å². The van der Waals surface area contributed by atoms with Crippen molar-refractivity contribution < 1.29 is 13.2 Å². The zero-order valence-electron chi connectivity index (χ0n) is 13.8. The molecule has 22 heavy (non-hydrogen) atoms. The van der Waals surface area contributed by atoms with Crippen LogP contribution in [0.1, 0.15) is 57.8 Å². The molecule has 1 aliphatic carbocycles. The molecule has 2 rings (SSSR count). The van der Waals surface area contributed by atoms with Gasteiger partial charge >= 0.3 is 0 Å². The maximum atomic E-state index is 12.2. The number of likely N-dealkylation sites (tertiary alicyclic amines) is 1. The van der Waals surface area contributed by atoms with Crippen molar-refractivity contribution in [2.45, 2.75) is 63.3 Å². The largest absolute Gasteiger partial charge is 0.349 e. The number of nitrogens with one attached hydrogen (secondary N) is 1. The molecule has 1 heterocycles. The second-order valence-electron chi connectivity index (χ2n) is 7.11. The molecule has 0 unspecified atom stereocenters. The number of amides is 1. The summed E-state index contributed by atoms with van der Waals surface area (Å²) < 4.78 is 22.5. The zero-order valence-corrected chi connectivity index (χ0v) is 14.6. The van der Waals surface area contributed by atoms with E-state index in [4.69, 9.17) is 0 Å². The van der Waals surface area contributed by atoms with E-state index in [1.807, 2.05) is 0 Å². The Bertz CT molecular complexity index is 464. The Labute approximate surface area is 134 Å². The van der Waals surface area contributed by atoms with Crippen molar-refractivity contribution in [1.82, 2.24) is 10.2 Å². The predicted octanol–water partition coefficient (Wildman–Crippen LogP) is 1.73. The van der Waals surface area contributed by atoms with Crippen LogP contribution in [0.4, 0.5) is 0 Å². The molecule has 0 atom stereocenters. The van der Waals surface area contributed by atoms with E-state index >= 15 is 0 Å². The van der Waals surface area contributed by atoms with Crippen LogP contribution in [0, 0.1) is 0 Å². The standard InChI is InChI=1S/C16H30N2O3S/c1-22(20,21)13-8-15(19)17-16(9-4-2-5-10-16)14-18-11-6-3-7-12-18/h2-14H2,1H3,(H,17,19). The first-order valence-electron chi connectivity index (χ1n) is 8.60. The molecule has 0 aromatic carbocycles. The van der Waals surface area contributed by atoms with Gasteiger partial charge in [0.25, 0.3) is 0 Å². The van der Waals surface area contributed by atoms with Crippen LogP contribution in [-0.2, 0) is 14.6 Å². The maximum absolute atomic E-state index is 12.2. The van der Waals surface area contributed by atoms with Crippen LogP contribution in [0.15, 0.2) is 0 Å². The van der Waals surface area contributed by atoms with Crippen LogP contribution in [-0.4, -0.2) is 56.4 Å². The van der Waals surface area contributed by atoms with Crippen LogP contribution < -0.4 is 5.32 Å². The average molecular weight is 330 g/mol. The minimum Gasteiger partial charge on any atom is -0.349 e. The molecule has 0 aromatic heterocycles. The molecule has 0 spiro atoms. The fourth-order valence-electron chi connectivity index (χ4n) is 3.73. The number of rotatable bonds is 6. The first-order chi connectivity index (χ1) is 10.4. The summed E-state index contributed by atoms with van der Waals surface area (Å²) in [5, 5.41) is 3.21. The summed E-state index contributed by atoms with van der Waals surface area (Å²) in [5.41, 5.74) is -0.135. The van der Waals surface area contributed by atoms with Crippen molar-refractivity contribution in [2.24, 2.45) is 0 Å². The van der Waals surface area contributed by atoms with Crippen molar-refractivity contribution in [1.29, 1.82) is 0 Å². The van der Waals surface area contributed by atoms with Gasteiger partial charge in [0, 0.05) is 19.2 Å². The molecule has 1 aliphatic heterocycles. The van der Waals surface area contributed by atoms with Gasteiger partial charge < -0.3 is 10.2 Å². The molecular weight excluding hydrogens is 300 g/mol. The molecule has 2 fully saturated rings. The van der Waals surface area contributed by atoms with Crippen LogP contribution in [0.2, 0.25) is 0 Å². The Kier molecular flexibility index (Phi) is 6.26. The van der Waals surface area contributed by atoms with E-state index in [1.54, 1.807) is 0 Å². The van der Waals surface area contributed by atoms with E-state index in [0.29, 0.717) is 0 Å². The van der Waals surface area contributed by atoms with Gasteiger partial charge in [-0.15, -0.1) is 0 Å². The van der Waals surface area contributed by atoms with Gasteiger partial charge in [0.2, 0.25) is 5.91 Å². The second kappa shape index (κ2) is 7.77. The van der Waals surface area contributed by atoms with Crippen molar-refractivity contribution in [3.63, 3.8) is 0 Å². The van der Waals surface area contributed by atoms with E-state index in [2.05, 4.69) is 10.2 Å². The normalized spacial score (nSPS) is 23.1. The van der Waals surface area contributed by atoms with E-state index in [9.17, 15) is 13.2 Å². The maximum Gasteiger partial charge on any atom is 0.221 e. The highest BCUT2D eigenvalue weighted by atomic mass is 32.2. The van der Waals surface area contributed by atoms with Gasteiger partial charge in [-0.25, -0.2) is 8.42 Å². The van der Waals surface area contributed by atoms with Gasteiger partial charge in [0.15, 0.2) is 0 Å². The molecule has 0 aromatic rings. The summed E-state index contributed by atoms with van der Waals surface area (Å²) in [7, 11) is -3.08. The monoisotopic (exact) mass is 330 g/mol. The van der Waals surface area contributed by atoms with Gasteiger partial charge in [-0.2, -0.15) is 0 Å². The first-order valence-corrected chi connectivity index (χ1v) is 10.7. The van der Waals surface area contributed by atoms with Crippen molar-refractivity contribution >= 4 is 15.7 Å². The van der Waals surface area contributed by atoms with E-state index in [-0.39, 0.29) is 23.6 Å². The molecule has 6 heteroatoms. The Morgan fingerprint density at radius 1 is 1.05 bits per heavy atom. The van der Waals surface area contributed by atoms with Gasteiger partial charge in [-0.05, 0) is 38.8 Å². The molecule has 2 aliphatic rings. The fourth-order valence-corrected chi connectivity index (χ4v) is 4.29. The third-order valence-electron chi connectivity index (χ3n) is 4.89. The summed E-state index contributed by atoms with van der Waals surface area (Å²) in [6.07, 6.45) is 10.7. The van der Waals surface area contributed by atoms with Gasteiger partial charge in [-0.1, -0.05) is 25.7 Å². The smallest absolute Gasteiger partial charge is 0.221 e. The second-order valence-corrected chi connectivity index (χ2v) is 9.37. The predicted molar refractivity (Wildman–Crippen MR) is 88.6 cm³/mol. The third kappa shape index (κ3) is 5.88. The zero-order chi connectivity index (χ0) is 16.1. The Morgan fingerprint density at radius 2 is 1.64 bits per heavy atom. The molecule has 1 saturated heterocycles. The van der Waals surface area contributed by atoms with Crippen LogP contribution in [0.5, 0.6) is 0 Å². The SMILES string of the molecule is CS(=O)(=O)CCC(=O)NC1(CN2CCCCC2)CCCCC1. The van der Waals surface area contributed by atoms with Gasteiger partial charge in [0.05, 0.1) is 11.3 Å². The summed E-state index contributed by atoms with van der Waals surface area (Å²) in [6, 6.07) is 0. The number of nitrogens with zero attached hydrogens (tertiary/aromatic N) is 1. The molecule has 0 radical (unpaired) electrons. The summed E-state index contributed by atoms with van der Waals surface area (Å²) in [4.78, 5) is 14.7. The molecule has 0 bridgehead atoms. The van der Waals surface area contributed by atoms with E-state index in [1.165, 1.54) is 31.9 Å². The molecule has 5 nitrogen and oxygen atoms in total. The highest BCUT2D eigenvalue weighted by Crippen LogP contribution is 2.30. The van der Waals surface area contributed by atoms with E-state index in [0.717, 1.165) is 45.3 Å². The van der Waals surface area contributed by atoms with Gasteiger partial charge in [-0.3, -0.25) is 4.79 Å². The number of carbonyl (C=O) groups is 1. The molecular formula is C16H30N2O3S. The van der Waals surface area contributed by atoms with Crippen molar-refractivity contribution in [3.05, 3.63) is 0 Å². The lowest BCUT2D eigenvalue weighted by Gasteiger charge is -2.43. The Morgan fingerprint density at radius 3 is 2.23 bits per heavy atom. The number of carbonyl (C=O) groups excluding carboxylic acids is 1. The van der Waals surface area contributed by atoms with Crippen molar-refractivity contribution in [2.75, 3.05) is 31.6 Å². The highest BCUT2D eigenvalue weighted by Gasteiger charge is 2.35. The lowest BCUT2D eigenvalue weighted by Crippen LogP contribution is -2.57. The summed E-state index contributed by atoms with van der Waals surface area (Å²) >= 11 is 0. The number of hydrogen-bond donors (Lipinski definition) is 1. The molecule has 128 valence electrons. The molecule has 1 saturated carbocycles. The minimum atomic E-state index is -3.08. The van der Waals surface area contributed by atoms with Crippen LogP contribution in [0.25, 0.3) is 0 Å². The summed E-state index contributed by atoms with van der Waals surface area (Å²) in [5.74, 6) is -0.164. The van der Waals surface area contributed by atoms with Crippen LogP contribution >= 0.6 is 0 Å². The lowest BCUT2D eigenvalue weighted by atomic mass is 9.80. The third-order valence-corrected chi connectivity index (χ3v) is 5.84. The first kappa shape index (κ1) is 17.7. The lowest BCUT2D eigenvalue weighted by molar-refractivity contribution is -0.123. The molecule has 1 N–H and O–H groups in total. The Hall–Kier alpha value is -0.620. The number of sulfone groups is 1. The number of piperidine rings is 1.